The number of ether oxygens (including phenoxy) is 1. The molecule has 10 heteroatoms. The van der Waals surface area contributed by atoms with E-state index < -0.39 is 18.0 Å². The SMILES string of the molecule is Cc1[nH]ncc1-c1ccc2c(=O)n(Cc3cccc(C(=O)Nc4cccc(OC(F)(F)F)c4)c3)ccc2c1. The number of aromatic amines is 1. The summed E-state index contributed by atoms with van der Waals surface area (Å²) in [6.07, 6.45) is -1.39. The summed E-state index contributed by atoms with van der Waals surface area (Å²) in [5, 5.41) is 10.9. The van der Waals surface area contributed by atoms with Crippen LogP contribution in [0.25, 0.3) is 21.9 Å². The Morgan fingerprint density at radius 1 is 1.05 bits per heavy atom. The number of benzene rings is 3. The number of halogens is 3. The summed E-state index contributed by atoms with van der Waals surface area (Å²) in [5.41, 5.74) is 3.83. The number of pyridine rings is 1. The van der Waals surface area contributed by atoms with Crippen LogP contribution in [0, 0.1) is 6.92 Å². The lowest BCUT2D eigenvalue weighted by atomic mass is 10.0. The molecular formula is C28H21F3N4O3. The Labute approximate surface area is 214 Å². The van der Waals surface area contributed by atoms with Gasteiger partial charge in [0.05, 0.1) is 12.7 Å². The lowest BCUT2D eigenvalue weighted by Gasteiger charge is -2.12. The minimum Gasteiger partial charge on any atom is -0.406 e. The number of hydrogen-bond acceptors (Lipinski definition) is 4. The smallest absolute Gasteiger partial charge is 0.406 e. The molecule has 0 aliphatic heterocycles. The summed E-state index contributed by atoms with van der Waals surface area (Å²) in [7, 11) is 0. The molecule has 192 valence electrons. The molecule has 0 aliphatic carbocycles. The van der Waals surface area contributed by atoms with Crippen molar-refractivity contribution in [1.29, 1.82) is 0 Å². The fourth-order valence-corrected chi connectivity index (χ4v) is 4.20. The summed E-state index contributed by atoms with van der Waals surface area (Å²) >= 11 is 0. The number of carbonyl (C=O) groups is 1. The maximum Gasteiger partial charge on any atom is 0.573 e. The molecule has 0 radical (unpaired) electrons. The van der Waals surface area contributed by atoms with Crippen LogP contribution >= 0.6 is 0 Å². The summed E-state index contributed by atoms with van der Waals surface area (Å²) in [4.78, 5) is 25.9. The Morgan fingerprint density at radius 2 is 1.87 bits per heavy atom. The summed E-state index contributed by atoms with van der Waals surface area (Å²) in [6.45, 7) is 2.16. The lowest BCUT2D eigenvalue weighted by molar-refractivity contribution is -0.274. The van der Waals surface area contributed by atoms with Gasteiger partial charge in [-0.05, 0) is 65.9 Å². The van der Waals surface area contributed by atoms with Gasteiger partial charge in [0.2, 0.25) is 0 Å². The molecule has 0 spiro atoms. The molecule has 5 rings (SSSR count). The van der Waals surface area contributed by atoms with Crippen LogP contribution in [-0.4, -0.2) is 27.0 Å². The van der Waals surface area contributed by atoms with Crippen LogP contribution in [0.3, 0.4) is 0 Å². The van der Waals surface area contributed by atoms with Gasteiger partial charge in [-0.1, -0.05) is 24.3 Å². The Bertz CT molecular complexity index is 1710. The molecule has 0 atom stereocenters. The Kier molecular flexibility index (Phi) is 6.46. The number of carbonyl (C=O) groups excluding carboxylic acids is 1. The molecule has 0 fully saturated rings. The maximum absolute atomic E-state index is 13.2. The number of amides is 1. The minimum absolute atomic E-state index is 0.151. The van der Waals surface area contributed by atoms with Gasteiger partial charge in [-0.15, -0.1) is 13.2 Å². The molecule has 5 aromatic rings. The predicted molar refractivity (Wildman–Crippen MR) is 137 cm³/mol. The second kappa shape index (κ2) is 9.89. The number of nitrogens with one attached hydrogen (secondary N) is 2. The van der Waals surface area contributed by atoms with Crippen molar-refractivity contribution in [3.8, 4) is 16.9 Å². The van der Waals surface area contributed by atoms with E-state index in [1.165, 1.54) is 12.1 Å². The van der Waals surface area contributed by atoms with Gasteiger partial charge in [-0.2, -0.15) is 5.10 Å². The summed E-state index contributed by atoms with van der Waals surface area (Å²) in [6, 6.07) is 19.2. The molecule has 0 saturated carbocycles. The van der Waals surface area contributed by atoms with Gasteiger partial charge in [0.1, 0.15) is 5.75 Å². The van der Waals surface area contributed by atoms with Crippen molar-refractivity contribution in [2.75, 3.05) is 5.32 Å². The summed E-state index contributed by atoms with van der Waals surface area (Å²) in [5.74, 6) is -0.948. The van der Waals surface area contributed by atoms with Gasteiger partial charge in [0.15, 0.2) is 0 Å². The van der Waals surface area contributed by atoms with Crippen molar-refractivity contribution in [1.82, 2.24) is 14.8 Å². The van der Waals surface area contributed by atoms with Crippen LogP contribution in [0.4, 0.5) is 18.9 Å². The predicted octanol–water partition coefficient (Wildman–Crippen LogP) is 5.90. The first kappa shape index (κ1) is 24.8. The zero-order valence-electron chi connectivity index (χ0n) is 20.0. The first-order valence-electron chi connectivity index (χ1n) is 11.6. The number of aryl methyl sites for hydroxylation is 1. The minimum atomic E-state index is -4.83. The molecule has 3 aromatic carbocycles. The normalized spacial score (nSPS) is 11.5. The number of alkyl halides is 3. The first-order valence-corrected chi connectivity index (χ1v) is 11.6. The van der Waals surface area contributed by atoms with E-state index >= 15 is 0 Å². The standard InChI is InChI=1S/C28H21F3N4O3/c1-17-25(15-32-34-17)19-8-9-24-20(13-19)10-11-35(27(24)37)16-18-4-2-5-21(12-18)26(36)33-22-6-3-7-23(14-22)38-28(29,30)31/h2-15H,16H2,1H3,(H,32,34)(H,33,36). The van der Waals surface area contributed by atoms with Crippen LogP contribution < -0.4 is 15.6 Å². The highest BCUT2D eigenvalue weighted by molar-refractivity contribution is 6.04. The topological polar surface area (TPSA) is 89.0 Å². The molecule has 0 saturated heterocycles. The molecule has 0 unspecified atom stereocenters. The quantitative estimate of drug-likeness (QED) is 0.293. The largest absolute Gasteiger partial charge is 0.573 e. The highest BCUT2D eigenvalue weighted by atomic mass is 19.4. The Balaban J connectivity index is 1.34. The Hall–Kier alpha value is -4.86. The first-order chi connectivity index (χ1) is 18.2. The number of aromatic nitrogens is 3. The third kappa shape index (κ3) is 5.44. The molecule has 7 nitrogen and oxygen atoms in total. The van der Waals surface area contributed by atoms with Crippen LogP contribution in [0.1, 0.15) is 21.6 Å². The monoisotopic (exact) mass is 518 g/mol. The number of fused-ring (bicyclic) bond motifs is 1. The van der Waals surface area contributed by atoms with E-state index in [0.717, 1.165) is 34.3 Å². The van der Waals surface area contributed by atoms with Crippen molar-refractivity contribution in [3.05, 3.63) is 112 Å². The van der Waals surface area contributed by atoms with Crippen LogP contribution in [0.15, 0.2) is 90.0 Å². The fraction of sp³-hybridized carbons (Fsp3) is 0.107. The second-order valence-corrected chi connectivity index (χ2v) is 8.69. The van der Waals surface area contributed by atoms with Crippen LogP contribution in [-0.2, 0) is 6.54 Å². The highest BCUT2D eigenvalue weighted by Gasteiger charge is 2.31. The number of nitrogens with zero attached hydrogens (tertiary/aromatic N) is 2. The van der Waals surface area contributed by atoms with Crippen molar-refractivity contribution >= 4 is 22.4 Å². The van der Waals surface area contributed by atoms with Crippen LogP contribution in [0.5, 0.6) is 5.75 Å². The van der Waals surface area contributed by atoms with Gasteiger partial charge >= 0.3 is 6.36 Å². The number of anilines is 1. The van der Waals surface area contributed by atoms with Crippen LogP contribution in [0.2, 0.25) is 0 Å². The van der Waals surface area contributed by atoms with Gasteiger partial charge < -0.3 is 14.6 Å². The van der Waals surface area contributed by atoms with Crippen molar-refractivity contribution in [2.24, 2.45) is 0 Å². The van der Waals surface area contributed by atoms with E-state index in [1.54, 1.807) is 47.3 Å². The van der Waals surface area contributed by atoms with Gasteiger partial charge in [-0.3, -0.25) is 14.7 Å². The third-order valence-electron chi connectivity index (χ3n) is 5.99. The third-order valence-corrected chi connectivity index (χ3v) is 5.99. The zero-order valence-corrected chi connectivity index (χ0v) is 20.0. The van der Waals surface area contributed by atoms with E-state index in [0.29, 0.717) is 16.5 Å². The van der Waals surface area contributed by atoms with Crippen molar-refractivity contribution in [2.45, 2.75) is 19.8 Å². The van der Waals surface area contributed by atoms with E-state index in [1.807, 2.05) is 25.1 Å². The molecule has 1 amide bonds. The molecule has 0 bridgehead atoms. The highest BCUT2D eigenvalue weighted by Crippen LogP contribution is 2.26. The van der Waals surface area contributed by atoms with Crippen molar-refractivity contribution in [3.63, 3.8) is 0 Å². The second-order valence-electron chi connectivity index (χ2n) is 8.69. The van der Waals surface area contributed by atoms with Gasteiger partial charge in [0, 0.05) is 40.2 Å². The molecule has 0 aliphatic rings. The zero-order chi connectivity index (χ0) is 26.9. The molecular weight excluding hydrogens is 497 g/mol. The number of rotatable bonds is 6. The molecule has 38 heavy (non-hydrogen) atoms. The van der Waals surface area contributed by atoms with Crippen molar-refractivity contribution < 1.29 is 22.7 Å². The van der Waals surface area contributed by atoms with E-state index in [2.05, 4.69) is 20.3 Å². The average Bonchev–Trinajstić information content (AvgIpc) is 3.31. The summed E-state index contributed by atoms with van der Waals surface area (Å²) < 4.78 is 42.9. The maximum atomic E-state index is 13.2. The fourth-order valence-electron chi connectivity index (χ4n) is 4.20. The molecule has 2 heterocycles. The lowest BCUT2D eigenvalue weighted by Crippen LogP contribution is -2.20. The van der Waals surface area contributed by atoms with E-state index in [4.69, 9.17) is 0 Å². The Morgan fingerprint density at radius 3 is 2.63 bits per heavy atom. The van der Waals surface area contributed by atoms with E-state index in [9.17, 15) is 22.8 Å². The van der Waals surface area contributed by atoms with Gasteiger partial charge in [0.25, 0.3) is 11.5 Å². The van der Waals surface area contributed by atoms with E-state index in [-0.39, 0.29) is 17.8 Å². The number of H-pyrrole nitrogens is 1. The molecule has 2 N–H and O–H groups in total. The number of hydrogen-bond donors (Lipinski definition) is 2. The molecule has 2 aromatic heterocycles. The van der Waals surface area contributed by atoms with Gasteiger partial charge in [-0.25, -0.2) is 0 Å². The average molecular weight is 518 g/mol.